The maximum absolute atomic E-state index is 13.9. The third kappa shape index (κ3) is 5.67. The average molecular weight is 507 g/mol. The van der Waals surface area contributed by atoms with Crippen molar-refractivity contribution in [2.75, 3.05) is 29.4 Å². The number of benzene rings is 2. The molecule has 4 rings (SSSR count). The number of nitrogens with two attached hydrogens (primary N) is 1. The second-order valence-electron chi connectivity index (χ2n) is 10.5. The number of likely N-dealkylation sites (tertiary alicyclic amines) is 1. The molecular weight excluding hydrogens is 472 g/mol. The van der Waals surface area contributed by atoms with Gasteiger partial charge >= 0.3 is 6.09 Å². The highest BCUT2D eigenvalue weighted by Crippen LogP contribution is 2.35. The van der Waals surface area contributed by atoms with E-state index in [9.17, 15) is 19.2 Å². The molecule has 0 aliphatic carbocycles. The molecule has 196 valence electrons. The van der Waals surface area contributed by atoms with E-state index >= 15 is 0 Å². The molecule has 9 nitrogen and oxygen atoms in total. The summed E-state index contributed by atoms with van der Waals surface area (Å²) >= 11 is 0. The second-order valence-corrected chi connectivity index (χ2v) is 10.5. The van der Waals surface area contributed by atoms with Crippen molar-refractivity contribution < 1.29 is 23.9 Å². The van der Waals surface area contributed by atoms with Crippen LogP contribution in [0, 0.1) is 5.41 Å². The van der Waals surface area contributed by atoms with Crippen molar-refractivity contribution in [3.63, 3.8) is 0 Å². The lowest BCUT2D eigenvalue weighted by atomic mass is 9.90. The molecule has 0 bridgehead atoms. The van der Waals surface area contributed by atoms with Crippen LogP contribution in [-0.2, 0) is 25.7 Å². The van der Waals surface area contributed by atoms with E-state index in [1.54, 1.807) is 45.0 Å². The maximum atomic E-state index is 13.9. The van der Waals surface area contributed by atoms with Gasteiger partial charge in [-0.1, -0.05) is 63.2 Å². The summed E-state index contributed by atoms with van der Waals surface area (Å²) in [5.41, 5.74) is 7.41. The zero-order chi connectivity index (χ0) is 26.7. The molecule has 1 unspecified atom stereocenters. The first-order valence-corrected chi connectivity index (χ1v) is 12.6. The van der Waals surface area contributed by atoms with Gasteiger partial charge in [-0.25, -0.2) is 4.79 Å². The first-order chi connectivity index (χ1) is 17.6. The van der Waals surface area contributed by atoms with Crippen molar-refractivity contribution in [2.45, 2.75) is 52.3 Å². The number of Topliss-reactive ketones (excluding diaryl/α,β-unsaturated/α-hetero) is 1. The van der Waals surface area contributed by atoms with E-state index in [1.165, 1.54) is 14.7 Å². The largest absolute Gasteiger partial charge is 0.445 e. The fourth-order valence-corrected chi connectivity index (χ4v) is 4.59. The van der Waals surface area contributed by atoms with Crippen molar-refractivity contribution in [3.05, 3.63) is 60.2 Å². The lowest BCUT2D eigenvalue weighted by molar-refractivity contribution is -0.127. The fraction of sp³-hybridized carbons (Fsp3) is 0.429. The molecule has 1 fully saturated rings. The van der Waals surface area contributed by atoms with Crippen molar-refractivity contribution in [3.8, 4) is 0 Å². The summed E-state index contributed by atoms with van der Waals surface area (Å²) in [5, 5.41) is 0. The Labute approximate surface area is 217 Å². The molecule has 2 aliphatic heterocycles. The molecule has 2 N–H and O–H groups in total. The van der Waals surface area contributed by atoms with Crippen LogP contribution in [0.25, 0.3) is 0 Å². The molecule has 0 radical (unpaired) electrons. The highest BCUT2D eigenvalue weighted by atomic mass is 16.6. The molecule has 0 spiro atoms. The van der Waals surface area contributed by atoms with E-state index in [4.69, 9.17) is 10.5 Å². The van der Waals surface area contributed by atoms with Crippen LogP contribution in [0.2, 0.25) is 0 Å². The fourth-order valence-electron chi connectivity index (χ4n) is 4.59. The summed E-state index contributed by atoms with van der Waals surface area (Å²) in [6.07, 6.45) is 0.581. The van der Waals surface area contributed by atoms with Crippen molar-refractivity contribution in [1.82, 2.24) is 4.90 Å². The van der Waals surface area contributed by atoms with Gasteiger partial charge in [0.05, 0.1) is 24.5 Å². The lowest BCUT2D eigenvalue weighted by Gasteiger charge is -2.30. The van der Waals surface area contributed by atoms with Crippen LogP contribution in [0.15, 0.2) is 54.6 Å². The monoisotopic (exact) mass is 506 g/mol. The van der Waals surface area contributed by atoms with Crippen molar-refractivity contribution >= 4 is 35.1 Å². The third-order valence-corrected chi connectivity index (χ3v) is 6.81. The minimum Gasteiger partial charge on any atom is -0.445 e. The van der Waals surface area contributed by atoms with Gasteiger partial charge in [0, 0.05) is 12.0 Å². The smallest absolute Gasteiger partial charge is 0.410 e. The highest BCUT2D eigenvalue weighted by Gasteiger charge is 2.42. The van der Waals surface area contributed by atoms with Gasteiger partial charge < -0.3 is 20.3 Å². The normalized spacial score (nSPS) is 19.9. The lowest BCUT2D eigenvalue weighted by Crippen LogP contribution is -2.53. The Balaban J connectivity index is 1.58. The van der Waals surface area contributed by atoms with E-state index in [0.29, 0.717) is 30.8 Å². The number of hydrogen-bond donors (Lipinski definition) is 1. The predicted octanol–water partition coefficient (Wildman–Crippen LogP) is 3.11. The molecule has 2 heterocycles. The average Bonchev–Trinajstić information content (AvgIpc) is 3.35. The Morgan fingerprint density at radius 3 is 2.32 bits per heavy atom. The highest BCUT2D eigenvalue weighted by molar-refractivity contribution is 6.10. The Kier molecular flexibility index (Phi) is 7.63. The summed E-state index contributed by atoms with van der Waals surface area (Å²) < 4.78 is 5.50. The van der Waals surface area contributed by atoms with Gasteiger partial charge in [-0.15, -0.1) is 0 Å². The summed E-state index contributed by atoms with van der Waals surface area (Å²) in [4.78, 5) is 57.2. The van der Waals surface area contributed by atoms with Gasteiger partial charge in [0.2, 0.25) is 11.8 Å². The van der Waals surface area contributed by atoms with Crippen LogP contribution in [0.4, 0.5) is 16.2 Å². The molecule has 2 aliphatic rings. The molecule has 0 aromatic heterocycles. The van der Waals surface area contributed by atoms with Gasteiger partial charge in [0.25, 0.3) is 0 Å². The summed E-state index contributed by atoms with van der Waals surface area (Å²) in [7, 11) is 0. The number of ether oxygens (including phenoxy) is 1. The van der Waals surface area contributed by atoms with E-state index in [0.717, 1.165) is 5.56 Å². The van der Waals surface area contributed by atoms with Gasteiger partial charge in [-0.3, -0.25) is 19.3 Å². The Hall–Kier alpha value is -3.72. The number of para-hydroxylation sites is 2. The topological polar surface area (TPSA) is 113 Å². The zero-order valence-corrected chi connectivity index (χ0v) is 21.6. The third-order valence-electron chi connectivity index (χ3n) is 6.81. The van der Waals surface area contributed by atoms with E-state index in [1.807, 2.05) is 30.3 Å². The van der Waals surface area contributed by atoms with Gasteiger partial charge in [-0.05, 0) is 30.5 Å². The maximum Gasteiger partial charge on any atom is 0.410 e. The van der Waals surface area contributed by atoms with Gasteiger partial charge in [0.15, 0.2) is 5.78 Å². The number of carbonyl (C=O) groups excluding carboxylic acids is 4. The number of nitrogens with zero attached hydrogens (tertiary/aromatic N) is 3. The minimum absolute atomic E-state index is 0.0573. The first-order valence-electron chi connectivity index (χ1n) is 12.6. The number of ketones is 1. The number of rotatable bonds is 5. The molecule has 37 heavy (non-hydrogen) atoms. The molecule has 3 amide bonds. The predicted molar refractivity (Wildman–Crippen MR) is 140 cm³/mol. The van der Waals surface area contributed by atoms with E-state index in [-0.39, 0.29) is 31.4 Å². The molecule has 9 heteroatoms. The zero-order valence-electron chi connectivity index (χ0n) is 21.6. The Morgan fingerprint density at radius 2 is 1.65 bits per heavy atom. The van der Waals surface area contributed by atoms with Crippen LogP contribution in [0.1, 0.15) is 39.2 Å². The van der Waals surface area contributed by atoms with Crippen LogP contribution in [0.5, 0.6) is 0 Å². The summed E-state index contributed by atoms with van der Waals surface area (Å²) in [6, 6.07) is 14.6. The Bertz CT molecular complexity index is 1180. The standard InChI is InChI=1S/C28H34N4O5/c1-28(2,3)24(33)17-32-22-13-8-7-12-21(22)31(16-20(29)25(32)34)26(35)23-14-9-15-30(23)27(36)37-18-19-10-5-4-6-11-19/h4-8,10-13,20,23H,9,14-18,29H2,1-3H3/t20?,23-/m0/s1. The van der Waals surface area contributed by atoms with Crippen molar-refractivity contribution in [2.24, 2.45) is 11.1 Å². The van der Waals surface area contributed by atoms with Crippen molar-refractivity contribution in [1.29, 1.82) is 0 Å². The number of carbonyl (C=O) groups is 4. The summed E-state index contributed by atoms with van der Waals surface area (Å²) in [6.45, 7) is 5.70. The quantitative estimate of drug-likeness (QED) is 0.667. The van der Waals surface area contributed by atoms with E-state index < -0.39 is 29.5 Å². The Morgan fingerprint density at radius 1 is 1.00 bits per heavy atom. The minimum atomic E-state index is -1.02. The molecule has 0 saturated carbocycles. The number of fused-ring (bicyclic) bond motifs is 1. The molecule has 2 atom stereocenters. The van der Waals surface area contributed by atoms with Gasteiger partial charge in [-0.2, -0.15) is 0 Å². The molecular formula is C28H34N4O5. The van der Waals surface area contributed by atoms with Crippen LogP contribution >= 0.6 is 0 Å². The molecule has 1 saturated heterocycles. The number of hydrogen-bond acceptors (Lipinski definition) is 6. The van der Waals surface area contributed by atoms with Crippen LogP contribution in [0.3, 0.4) is 0 Å². The first kappa shape index (κ1) is 26.3. The molecule has 2 aromatic rings. The van der Waals surface area contributed by atoms with Gasteiger partial charge in [0.1, 0.15) is 18.7 Å². The number of amides is 3. The summed E-state index contributed by atoms with van der Waals surface area (Å²) in [5.74, 6) is -0.870. The molecule has 2 aromatic carbocycles. The van der Waals surface area contributed by atoms with Crippen LogP contribution in [-0.4, -0.2) is 60.3 Å². The van der Waals surface area contributed by atoms with Crippen LogP contribution < -0.4 is 15.5 Å². The SMILES string of the molecule is CC(C)(C)C(=O)CN1C(=O)C(N)CN(C(=O)[C@@H]2CCCN2C(=O)OCc2ccccc2)c2ccccc21. The second kappa shape index (κ2) is 10.7. The number of anilines is 2. The van der Waals surface area contributed by atoms with E-state index in [2.05, 4.69) is 0 Å².